The number of hydrogen-bond acceptors (Lipinski definition) is 5. The predicted octanol–water partition coefficient (Wildman–Crippen LogP) is 4.07. The number of rotatable bonds is 4. The number of fused-ring (bicyclic) bond motifs is 1. The summed E-state index contributed by atoms with van der Waals surface area (Å²) in [6.07, 6.45) is 0. The molecule has 4 aromatic rings. The molecule has 0 unspecified atom stereocenters. The van der Waals surface area contributed by atoms with Crippen LogP contribution < -0.4 is 5.32 Å². The van der Waals surface area contributed by atoms with E-state index in [2.05, 4.69) is 25.7 Å². The number of nitrogens with one attached hydrogen (secondary N) is 2. The van der Waals surface area contributed by atoms with E-state index in [1.807, 2.05) is 45.9 Å². The van der Waals surface area contributed by atoms with E-state index in [-0.39, 0.29) is 11.3 Å². The second-order valence-corrected chi connectivity index (χ2v) is 7.35. The summed E-state index contributed by atoms with van der Waals surface area (Å²) in [5.41, 5.74) is 5.20. The van der Waals surface area contributed by atoms with E-state index in [9.17, 15) is 9.59 Å². The average molecular weight is 399 g/mol. The van der Waals surface area contributed by atoms with Crippen LogP contribution in [-0.4, -0.2) is 32.1 Å². The highest BCUT2D eigenvalue weighted by Crippen LogP contribution is 2.25. The van der Waals surface area contributed by atoms with Crippen LogP contribution in [0.3, 0.4) is 0 Å². The molecule has 2 aromatic heterocycles. The van der Waals surface area contributed by atoms with Gasteiger partial charge in [0.05, 0.1) is 16.6 Å². The van der Waals surface area contributed by atoms with Crippen molar-refractivity contribution in [2.45, 2.75) is 27.7 Å². The quantitative estimate of drug-likeness (QED) is 0.504. The number of H-pyrrole nitrogens is 1. The fourth-order valence-electron chi connectivity index (χ4n) is 3.41. The van der Waals surface area contributed by atoms with Gasteiger partial charge in [0.2, 0.25) is 0 Å². The van der Waals surface area contributed by atoms with E-state index >= 15 is 0 Å². The lowest BCUT2D eigenvalue weighted by Gasteiger charge is -2.11. The molecule has 7 heteroatoms. The number of aromatic nitrogens is 4. The van der Waals surface area contributed by atoms with Crippen molar-refractivity contribution in [1.29, 1.82) is 0 Å². The van der Waals surface area contributed by atoms with E-state index in [1.54, 1.807) is 24.3 Å². The topological polar surface area (TPSA) is 101 Å². The number of aryl methyl sites for hydroxylation is 4. The highest BCUT2D eigenvalue weighted by Gasteiger charge is 2.21. The molecule has 0 saturated carbocycles. The lowest BCUT2D eigenvalue weighted by molar-refractivity contribution is 0.0996. The smallest absolute Gasteiger partial charge is 0.257 e. The Hall–Kier alpha value is -3.87. The second kappa shape index (κ2) is 7.51. The van der Waals surface area contributed by atoms with Crippen molar-refractivity contribution in [2.24, 2.45) is 0 Å². The molecular weight excluding hydrogens is 378 g/mol. The molecule has 0 atom stereocenters. The molecule has 2 N–H and O–H groups in total. The Morgan fingerprint density at radius 3 is 2.40 bits per heavy atom. The summed E-state index contributed by atoms with van der Waals surface area (Å²) in [6, 6.07) is 12.5. The minimum atomic E-state index is -0.411. The van der Waals surface area contributed by atoms with Crippen LogP contribution in [-0.2, 0) is 0 Å². The van der Waals surface area contributed by atoms with Crippen LogP contribution in [0.15, 0.2) is 42.5 Å². The Morgan fingerprint density at radius 1 is 0.900 bits per heavy atom. The minimum Gasteiger partial charge on any atom is -0.304 e. The van der Waals surface area contributed by atoms with Crippen LogP contribution in [0.4, 0.5) is 5.82 Å². The highest BCUT2D eigenvalue weighted by atomic mass is 16.2. The summed E-state index contributed by atoms with van der Waals surface area (Å²) in [5.74, 6) is -0.238. The molecule has 4 rings (SSSR count). The van der Waals surface area contributed by atoms with Gasteiger partial charge in [-0.25, -0.2) is 0 Å². The monoisotopic (exact) mass is 399 g/mol. The maximum atomic E-state index is 13.2. The van der Waals surface area contributed by atoms with Gasteiger partial charge in [0, 0.05) is 11.1 Å². The molecule has 150 valence electrons. The van der Waals surface area contributed by atoms with Crippen molar-refractivity contribution in [3.8, 4) is 0 Å². The fourth-order valence-corrected chi connectivity index (χ4v) is 3.41. The molecule has 0 fully saturated rings. The van der Waals surface area contributed by atoms with Crippen molar-refractivity contribution in [1.82, 2.24) is 20.4 Å². The molecule has 0 spiro atoms. The standard InChI is InChI=1S/C23H21N5O2/c1-12-9-10-13(2)18(11-12)20(29)16-7-5-6-8-17(16)23(30)24-21-19-14(3)15(4)25-27-22(19)28-26-21/h5-11H,1-4H3,(H2,24,26,27,28,30). The van der Waals surface area contributed by atoms with E-state index in [0.717, 1.165) is 22.4 Å². The molecule has 0 aliphatic carbocycles. The Kier molecular flexibility index (Phi) is 4.87. The van der Waals surface area contributed by atoms with Crippen molar-refractivity contribution in [3.05, 3.63) is 81.5 Å². The van der Waals surface area contributed by atoms with Gasteiger partial charge in [-0.05, 0) is 51.0 Å². The van der Waals surface area contributed by atoms with Crippen molar-refractivity contribution in [3.63, 3.8) is 0 Å². The van der Waals surface area contributed by atoms with Crippen LogP contribution in [0.2, 0.25) is 0 Å². The van der Waals surface area contributed by atoms with Crippen LogP contribution in [0.5, 0.6) is 0 Å². The van der Waals surface area contributed by atoms with Crippen LogP contribution >= 0.6 is 0 Å². The zero-order valence-electron chi connectivity index (χ0n) is 17.2. The normalized spacial score (nSPS) is 10.9. The Bertz CT molecular complexity index is 1310. The summed E-state index contributed by atoms with van der Waals surface area (Å²) in [5, 5.41) is 18.6. The van der Waals surface area contributed by atoms with Crippen molar-refractivity contribution in [2.75, 3.05) is 5.32 Å². The van der Waals surface area contributed by atoms with Crippen molar-refractivity contribution >= 4 is 28.5 Å². The molecule has 7 nitrogen and oxygen atoms in total. The second-order valence-electron chi connectivity index (χ2n) is 7.35. The number of ketones is 1. The third-order valence-corrected chi connectivity index (χ3v) is 5.25. The average Bonchev–Trinajstić information content (AvgIpc) is 3.15. The first kappa shape index (κ1) is 19.4. The number of carbonyl (C=O) groups excluding carboxylic acids is 2. The highest BCUT2D eigenvalue weighted by molar-refractivity contribution is 6.18. The molecule has 2 heterocycles. The number of amides is 1. The van der Waals surface area contributed by atoms with Crippen molar-refractivity contribution < 1.29 is 9.59 Å². The molecule has 30 heavy (non-hydrogen) atoms. The van der Waals surface area contributed by atoms with Gasteiger partial charge in [0.25, 0.3) is 5.91 Å². The number of nitrogens with zero attached hydrogens (tertiary/aromatic N) is 3. The maximum Gasteiger partial charge on any atom is 0.257 e. The number of anilines is 1. The first-order valence-corrected chi connectivity index (χ1v) is 9.57. The maximum absolute atomic E-state index is 13.2. The number of hydrogen-bond donors (Lipinski definition) is 2. The molecule has 0 aliphatic heterocycles. The number of aromatic amines is 1. The van der Waals surface area contributed by atoms with Gasteiger partial charge < -0.3 is 5.32 Å². The number of carbonyl (C=O) groups is 2. The Balaban J connectivity index is 1.73. The fraction of sp³-hybridized carbons (Fsp3) is 0.174. The van der Waals surface area contributed by atoms with Gasteiger partial charge in [0.15, 0.2) is 17.2 Å². The third kappa shape index (κ3) is 3.34. The van der Waals surface area contributed by atoms with Gasteiger partial charge in [-0.15, -0.1) is 5.10 Å². The summed E-state index contributed by atoms with van der Waals surface area (Å²) in [6.45, 7) is 7.57. The van der Waals surface area contributed by atoms with Gasteiger partial charge in [0.1, 0.15) is 0 Å². The van der Waals surface area contributed by atoms with Gasteiger partial charge in [-0.2, -0.15) is 10.2 Å². The molecule has 0 radical (unpaired) electrons. The largest absolute Gasteiger partial charge is 0.304 e. The zero-order valence-corrected chi connectivity index (χ0v) is 17.2. The van der Waals surface area contributed by atoms with Gasteiger partial charge >= 0.3 is 0 Å². The van der Waals surface area contributed by atoms with E-state index in [0.29, 0.717) is 28.0 Å². The third-order valence-electron chi connectivity index (χ3n) is 5.25. The van der Waals surface area contributed by atoms with Crippen LogP contribution in [0.25, 0.3) is 11.0 Å². The number of benzene rings is 2. The summed E-state index contributed by atoms with van der Waals surface area (Å²) >= 11 is 0. The Morgan fingerprint density at radius 2 is 1.63 bits per heavy atom. The summed E-state index contributed by atoms with van der Waals surface area (Å²) in [7, 11) is 0. The van der Waals surface area contributed by atoms with Gasteiger partial charge in [-0.3, -0.25) is 14.7 Å². The summed E-state index contributed by atoms with van der Waals surface area (Å²) in [4.78, 5) is 26.3. The van der Waals surface area contributed by atoms with Gasteiger partial charge in [-0.1, -0.05) is 35.9 Å². The molecular formula is C23H21N5O2. The molecule has 0 aliphatic rings. The zero-order chi connectivity index (χ0) is 21.4. The molecule has 0 bridgehead atoms. The summed E-state index contributed by atoms with van der Waals surface area (Å²) < 4.78 is 0. The lowest BCUT2D eigenvalue weighted by atomic mass is 9.94. The van der Waals surface area contributed by atoms with E-state index < -0.39 is 5.91 Å². The lowest BCUT2D eigenvalue weighted by Crippen LogP contribution is -2.18. The Labute approximate surface area is 173 Å². The SMILES string of the molecule is Cc1ccc(C)c(C(=O)c2ccccc2C(=O)Nc2n[nH]c3nnc(C)c(C)c23)c1. The molecule has 0 saturated heterocycles. The van der Waals surface area contributed by atoms with E-state index in [4.69, 9.17) is 0 Å². The van der Waals surface area contributed by atoms with Crippen LogP contribution in [0.1, 0.15) is 48.7 Å². The molecule has 2 aromatic carbocycles. The van der Waals surface area contributed by atoms with E-state index in [1.165, 1.54) is 0 Å². The van der Waals surface area contributed by atoms with Crippen LogP contribution in [0, 0.1) is 27.7 Å². The minimum absolute atomic E-state index is 0.188. The molecule has 1 amide bonds. The predicted molar refractivity (Wildman–Crippen MR) is 115 cm³/mol. The first-order valence-electron chi connectivity index (χ1n) is 9.57. The first-order chi connectivity index (χ1) is 14.4.